The van der Waals surface area contributed by atoms with E-state index in [1.54, 1.807) is 0 Å². The Balaban J connectivity index is 3.24. The van der Waals surface area contributed by atoms with Crippen molar-refractivity contribution in [3.63, 3.8) is 0 Å². The summed E-state index contributed by atoms with van der Waals surface area (Å²) in [7, 11) is 0. The van der Waals surface area contributed by atoms with E-state index in [0.717, 1.165) is 0 Å². The Morgan fingerprint density at radius 3 is 2.50 bits per heavy atom. The van der Waals surface area contributed by atoms with Gasteiger partial charge in [-0.05, 0) is 4.90 Å². The normalized spacial score (nSPS) is 12.4. The van der Waals surface area contributed by atoms with Gasteiger partial charge in [-0.25, -0.2) is 0 Å². The van der Waals surface area contributed by atoms with Gasteiger partial charge < -0.3 is 10.0 Å². The molecule has 0 radical (unpaired) electrons. The number of carbonyl (C=O) groups is 1. The van der Waals surface area contributed by atoms with Gasteiger partial charge in [-0.3, -0.25) is 4.79 Å². The third-order valence-corrected chi connectivity index (χ3v) is 1.71. The van der Waals surface area contributed by atoms with Crippen molar-refractivity contribution in [3.05, 3.63) is 0 Å². The average Bonchev–Trinajstić information content (AvgIpc) is 1.65. The van der Waals surface area contributed by atoms with Crippen LogP contribution in [-0.4, -0.2) is 26.3 Å². The van der Waals surface area contributed by atoms with Crippen molar-refractivity contribution >= 4 is 21.3 Å². The zero-order valence-electron chi connectivity index (χ0n) is 5.27. The van der Waals surface area contributed by atoms with Crippen LogP contribution in [0.2, 0.25) is 0 Å². The molecule has 3 N–H and O–H groups in total. The number of rotatable bonds is 2. The van der Waals surface area contributed by atoms with Gasteiger partial charge in [-0.15, -0.1) is 0 Å². The lowest BCUT2D eigenvalue weighted by Crippen LogP contribution is -2.38. The van der Waals surface area contributed by atoms with E-state index in [1.165, 1.54) is 6.92 Å². The van der Waals surface area contributed by atoms with E-state index in [1.807, 2.05) is 6.92 Å². The summed E-state index contributed by atoms with van der Waals surface area (Å²) in [6.45, 7) is 3.42. The number of nitrogens with one attached hydrogen (secondary N) is 1. The second kappa shape index (κ2) is 3.90. The maximum atomic E-state index is 10.3. The molecular formula is C4H11AlN2O. The van der Waals surface area contributed by atoms with E-state index < -0.39 is 15.4 Å². The fourth-order valence-electron chi connectivity index (χ4n) is 0.406. The highest BCUT2D eigenvalue weighted by molar-refractivity contribution is 6.33. The molecule has 0 aromatic carbocycles. The monoisotopic (exact) mass is 130 g/mol. The molecule has 1 amide bonds. The van der Waals surface area contributed by atoms with E-state index in [0.29, 0.717) is 0 Å². The minimum atomic E-state index is -0.536. The maximum absolute atomic E-state index is 10.3. The van der Waals surface area contributed by atoms with Crippen molar-refractivity contribution in [2.24, 2.45) is 4.72 Å². The average molecular weight is 130 g/mol. The number of amides is 1. The third kappa shape index (κ3) is 4.13. The molecule has 0 aliphatic heterocycles. The molecule has 0 spiro atoms. The minimum absolute atomic E-state index is 0.00968. The summed E-state index contributed by atoms with van der Waals surface area (Å²) in [5, 5.41) is 2.69. The van der Waals surface area contributed by atoms with Gasteiger partial charge in [0.1, 0.15) is 0 Å². The van der Waals surface area contributed by atoms with Crippen LogP contribution in [-0.2, 0) is 4.79 Å². The van der Waals surface area contributed by atoms with Crippen LogP contribution in [0, 0.1) is 0 Å². The van der Waals surface area contributed by atoms with E-state index in [-0.39, 0.29) is 10.8 Å². The van der Waals surface area contributed by atoms with Gasteiger partial charge in [0.05, 0.1) is 0 Å². The highest BCUT2D eigenvalue weighted by Gasteiger charge is 2.01. The summed E-state index contributed by atoms with van der Waals surface area (Å²) >= 11 is -0.536. The molecule has 0 aliphatic carbocycles. The number of hydrogen-bond acceptors (Lipinski definition) is 2. The molecule has 1 unspecified atom stereocenters. The first-order valence-corrected chi connectivity index (χ1v) is 4.27. The van der Waals surface area contributed by atoms with Crippen LogP contribution in [0.5, 0.6) is 0 Å². The molecule has 0 saturated carbocycles. The summed E-state index contributed by atoms with van der Waals surface area (Å²) in [6, 6.07) is 0. The van der Waals surface area contributed by atoms with Crippen molar-refractivity contribution < 1.29 is 4.79 Å². The molecule has 0 rings (SSSR count). The van der Waals surface area contributed by atoms with Gasteiger partial charge in [0.15, 0.2) is 0 Å². The quantitative estimate of drug-likeness (QED) is 0.460. The zero-order valence-corrected chi connectivity index (χ0v) is 6.68. The zero-order chi connectivity index (χ0) is 6.57. The second-order valence-electron chi connectivity index (χ2n) is 1.84. The predicted octanol–water partition coefficient (Wildman–Crippen LogP) is -1.22. The first-order valence-electron chi connectivity index (χ1n) is 2.64. The molecule has 8 heavy (non-hydrogen) atoms. The fourth-order valence-corrected chi connectivity index (χ4v) is 0.811. The SMILES string of the molecule is CC(=O)N[CH](C)[AlH][NH2]. The van der Waals surface area contributed by atoms with Crippen LogP contribution < -0.4 is 10.0 Å². The van der Waals surface area contributed by atoms with E-state index >= 15 is 0 Å². The van der Waals surface area contributed by atoms with Gasteiger partial charge >= 0.3 is 15.4 Å². The molecule has 0 saturated heterocycles. The third-order valence-electron chi connectivity index (χ3n) is 0.803. The number of carbonyl (C=O) groups excluding carboxylic acids is 1. The Morgan fingerprint density at radius 1 is 1.88 bits per heavy atom. The lowest BCUT2D eigenvalue weighted by molar-refractivity contribution is -0.119. The smallest absolute Gasteiger partial charge is 0.368 e. The molecule has 0 fully saturated rings. The van der Waals surface area contributed by atoms with E-state index in [2.05, 4.69) is 5.32 Å². The molecular weight excluding hydrogens is 119 g/mol. The summed E-state index contributed by atoms with van der Waals surface area (Å²) < 4.78 is 5.34. The highest BCUT2D eigenvalue weighted by Crippen LogP contribution is 1.70. The maximum Gasteiger partial charge on any atom is 0.368 e. The van der Waals surface area contributed by atoms with Crippen molar-refractivity contribution in [2.75, 3.05) is 0 Å². The fraction of sp³-hybridized carbons (Fsp3) is 0.750. The molecule has 0 heterocycles. The Kier molecular flexibility index (Phi) is 3.89. The van der Waals surface area contributed by atoms with Crippen LogP contribution in [0.4, 0.5) is 0 Å². The second-order valence-corrected chi connectivity index (χ2v) is 3.53. The molecule has 0 aromatic heterocycles. The summed E-state index contributed by atoms with van der Waals surface area (Å²) in [6.07, 6.45) is 0. The van der Waals surface area contributed by atoms with Gasteiger partial charge in [0.2, 0.25) is 5.91 Å². The van der Waals surface area contributed by atoms with Gasteiger partial charge in [-0.2, -0.15) is 0 Å². The van der Waals surface area contributed by atoms with Gasteiger partial charge in [0, 0.05) is 6.92 Å². The summed E-state index contributed by atoms with van der Waals surface area (Å²) in [4.78, 5) is 10.5. The molecule has 46 valence electrons. The molecule has 3 nitrogen and oxygen atoms in total. The van der Waals surface area contributed by atoms with Gasteiger partial charge in [0.25, 0.3) is 0 Å². The Bertz CT molecular complexity index is 86.1. The number of nitrogens with two attached hydrogens (primary N) is 1. The standard InChI is InChI=1S/C4H8NO.Al.H2N.H/c1-3-5-4(2)6;;;/h3H,1-2H3,(H,5,6);;1H2;/q;+1;-1;. The minimum Gasteiger partial charge on any atom is -0.414 e. The molecule has 4 heteroatoms. The summed E-state index contributed by atoms with van der Waals surface area (Å²) in [5.41, 5.74) is 0. The van der Waals surface area contributed by atoms with Crippen molar-refractivity contribution in [3.8, 4) is 0 Å². The van der Waals surface area contributed by atoms with Crippen LogP contribution in [0.15, 0.2) is 0 Å². The lowest BCUT2D eigenvalue weighted by Gasteiger charge is -2.05. The van der Waals surface area contributed by atoms with Crippen molar-refractivity contribution in [1.29, 1.82) is 0 Å². The highest BCUT2D eigenvalue weighted by atomic mass is 27.1. The topological polar surface area (TPSA) is 55.1 Å². The van der Waals surface area contributed by atoms with E-state index in [9.17, 15) is 4.79 Å². The number of hydrogen-bond donors (Lipinski definition) is 2. The molecule has 0 bridgehead atoms. The van der Waals surface area contributed by atoms with Crippen LogP contribution in [0.25, 0.3) is 0 Å². The van der Waals surface area contributed by atoms with Crippen molar-refractivity contribution in [1.82, 2.24) is 5.32 Å². The van der Waals surface area contributed by atoms with Gasteiger partial charge in [-0.1, -0.05) is 6.92 Å². The van der Waals surface area contributed by atoms with E-state index in [4.69, 9.17) is 4.72 Å². The Hall–Kier alpha value is -0.0375. The largest absolute Gasteiger partial charge is 0.414 e. The predicted molar refractivity (Wildman–Crippen MR) is 34.6 cm³/mol. The lowest BCUT2D eigenvalue weighted by atomic mass is 10.6. The van der Waals surface area contributed by atoms with Crippen LogP contribution >= 0.6 is 0 Å². The summed E-state index contributed by atoms with van der Waals surface area (Å²) in [5.74, 6) is 0.00968. The Morgan fingerprint density at radius 2 is 2.38 bits per heavy atom. The first kappa shape index (κ1) is 7.96. The molecule has 1 atom stereocenters. The Labute approximate surface area is 55.6 Å². The van der Waals surface area contributed by atoms with Crippen molar-refractivity contribution in [2.45, 2.75) is 18.8 Å². The molecule has 0 aromatic rings. The van der Waals surface area contributed by atoms with Crippen LogP contribution in [0.3, 0.4) is 0 Å². The molecule has 0 aliphatic rings. The van der Waals surface area contributed by atoms with Crippen LogP contribution in [0.1, 0.15) is 13.8 Å². The first-order chi connectivity index (χ1) is 3.66.